The van der Waals surface area contributed by atoms with Gasteiger partial charge in [0.05, 0.1) is 18.0 Å². The maximum absolute atomic E-state index is 13.3. The lowest BCUT2D eigenvalue weighted by Gasteiger charge is -2.10. The molecule has 0 unspecified atom stereocenters. The number of rotatable bonds is 5. The summed E-state index contributed by atoms with van der Waals surface area (Å²) in [6, 6.07) is 2.84. The molecule has 0 aromatic heterocycles. The van der Waals surface area contributed by atoms with E-state index < -0.39 is 21.7 Å². The molecule has 0 bridgehead atoms. The number of anilines is 1. The highest BCUT2D eigenvalue weighted by Crippen LogP contribution is 2.14. The van der Waals surface area contributed by atoms with Crippen molar-refractivity contribution in [3.63, 3.8) is 0 Å². The highest BCUT2D eigenvalue weighted by molar-refractivity contribution is 14.0. The maximum atomic E-state index is 13.3. The van der Waals surface area contributed by atoms with E-state index in [1.807, 2.05) is 0 Å². The molecule has 0 amide bonds. The van der Waals surface area contributed by atoms with Gasteiger partial charge in [-0.05, 0) is 12.1 Å². The summed E-state index contributed by atoms with van der Waals surface area (Å²) >= 11 is 0. The van der Waals surface area contributed by atoms with E-state index in [1.165, 1.54) is 14.1 Å². The third-order valence-corrected chi connectivity index (χ3v) is 4.19. The molecule has 6 nitrogen and oxygen atoms in total. The van der Waals surface area contributed by atoms with Gasteiger partial charge in [-0.15, -0.1) is 24.0 Å². The lowest BCUT2D eigenvalue weighted by molar-refractivity contribution is 0.521. The highest BCUT2D eigenvalue weighted by atomic mass is 127. The number of hydrogen-bond acceptors (Lipinski definition) is 3. The largest absolute Gasteiger partial charge is 0.370 e. The Hall–Kier alpha value is -1.01. The van der Waals surface area contributed by atoms with Gasteiger partial charge in [0.2, 0.25) is 10.0 Å². The molecular formula is C11H17F2IN4O2S. The van der Waals surface area contributed by atoms with Crippen LogP contribution < -0.4 is 11.1 Å². The maximum Gasteiger partial charge on any atom is 0.215 e. The molecule has 1 aromatic rings. The molecule has 0 aliphatic carbocycles. The summed E-state index contributed by atoms with van der Waals surface area (Å²) in [4.78, 5) is 3.75. The minimum absolute atomic E-state index is 0. The first kappa shape index (κ1) is 20.0. The van der Waals surface area contributed by atoms with Gasteiger partial charge < -0.3 is 11.1 Å². The number of hydrogen-bond donors (Lipinski definition) is 2. The van der Waals surface area contributed by atoms with Crippen LogP contribution in [-0.2, 0) is 10.0 Å². The van der Waals surface area contributed by atoms with Gasteiger partial charge in [0.25, 0.3) is 0 Å². The van der Waals surface area contributed by atoms with Crippen LogP contribution in [0, 0.1) is 11.6 Å². The number of nitrogens with two attached hydrogens (primary N) is 1. The summed E-state index contributed by atoms with van der Waals surface area (Å²) in [5.74, 6) is -1.74. The molecule has 120 valence electrons. The van der Waals surface area contributed by atoms with Crippen LogP contribution in [0.25, 0.3) is 0 Å². The fraction of sp³-hybridized carbons (Fsp3) is 0.364. The number of benzene rings is 1. The van der Waals surface area contributed by atoms with Gasteiger partial charge in [-0.1, -0.05) is 0 Å². The Kier molecular flexibility index (Phi) is 8.03. The van der Waals surface area contributed by atoms with Crippen LogP contribution in [0.3, 0.4) is 0 Å². The van der Waals surface area contributed by atoms with E-state index in [-0.39, 0.29) is 47.9 Å². The Morgan fingerprint density at radius 3 is 2.57 bits per heavy atom. The molecule has 21 heavy (non-hydrogen) atoms. The topological polar surface area (TPSA) is 87.8 Å². The number of halogens is 3. The monoisotopic (exact) mass is 434 g/mol. The lowest BCUT2D eigenvalue weighted by atomic mass is 10.3. The van der Waals surface area contributed by atoms with E-state index in [0.717, 1.165) is 22.5 Å². The van der Waals surface area contributed by atoms with Crippen molar-refractivity contribution in [3.05, 3.63) is 29.8 Å². The van der Waals surface area contributed by atoms with Gasteiger partial charge in [0.15, 0.2) is 5.96 Å². The standard InChI is InChI=1S/C11H16F2N4O2S.HI/c1-17(2)20(18,19)6-5-15-11(14)16-10-7-8(12)3-4-9(10)13;/h3-4,7H,5-6H2,1-2H3,(H3,14,15,16);1H. The molecule has 0 saturated heterocycles. The third-order valence-electron chi connectivity index (χ3n) is 2.38. The second-order valence-electron chi connectivity index (χ2n) is 4.11. The van der Waals surface area contributed by atoms with E-state index in [1.54, 1.807) is 0 Å². The minimum Gasteiger partial charge on any atom is -0.370 e. The predicted octanol–water partition coefficient (Wildman–Crippen LogP) is 1.20. The van der Waals surface area contributed by atoms with Crippen LogP contribution in [0.1, 0.15) is 0 Å². The zero-order valence-electron chi connectivity index (χ0n) is 11.5. The molecule has 10 heteroatoms. The van der Waals surface area contributed by atoms with Gasteiger partial charge in [0, 0.05) is 20.2 Å². The van der Waals surface area contributed by atoms with Gasteiger partial charge in [0.1, 0.15) is 11.6 Å². The van der Waals surface area contributed by atoms with Gasteiger partial charge in [-0.2, -0.15) is 0 Å². The van der Waals surface area contributed by atoms with Crippen molar-refractivity contribution >= 4 is 45.6 Å². The number of aliphatic imine (C=N–C) groups is 1. The molecule has 0 aliphatic heterocycles. The minimum atomic E-state index is -3.37. The van der Waals surface area contributed by atoms with Crippen molar-refractivity contribution in [1.29, 1.82) is 0 Å². The zero-order chi connectivity index (χ0) is 15.3. The van der Waals surface area contributed by atoms with Crippen LogP contribution in [-0.4, -0.2) is 45.1 Å². The van der Waals surface area contributed by atoms with E-state index in [0.29, 0.717) is 0 Å². The molecule has 1 aromatic carbocycles. The summed E-state index contributed by atoms with van der Waals surface area (Å²) in [6.07, 6.45) is 0. The molecule has 0 aliphatic rings. The van der Waals surface area contributed by atoms with E-state index in [9.17, 15) is 17.2 Å². The molecule has 0 heterocycles. The van der Waals surface area contributed by atoms with Crippen molar-refractivity contribution in [2.24, 2.45) is 10.7 Å². The Balaban J connectivity index is 0.00000400. The van der Waals surface area contributed by atoms with Gasteiger partial charge >= 0.3 is 0 Å². The normalized spacial score (nSPS) is 12.1. The van der Waals surface area contributed by atoms with E-state index >= 15 is 0 Å². The quantitative estimate of drug-likeness (QED) is 0.414. The van der Waals surface area contributed by atoms with Crippen LogP contribution >= 0.6 is 24.0 Å². The van der Waals surface area contributed by atoms with E-state index in [2.05, 4.69) is 10.3 Å². The van der Waals surface area contributed by atoms with Gasteiger partial charge in [-0.25, -0.2) is 21.5 Å². The zero-order valence-corrected chi connectivity index (χ0v) is 14.7. The average Bonchev–Trinajstić information content (AvgIpc) is 2.33. The van der Waals surface area contributed by atoms with Crippen LogP contribution in [0.15, 0.2) is 23.2 Å². The molecule has 0 radical (unpaired) electrons. The molecule has 0 atom stereocenters. The fourth-order valence-corrected chi connectivity index (χ4v) is 1.92. The first-order valence-corrected chi connectivity index (χ1v) is 7.25. The molecule has 1 rings (SSSR count). The molecule has 0 saturated carbocycles. The molecule has 0 spiro atoms. The SMILES string of the molecule is CN(C)S(=O)(=O)CCN=C(N)Nc1cc(F)ccc1F.I. The predicted molar refractivity (Wildman–Crippen MR) is 89.4 cm³/mol. The summed E-state index contributed by atoms with van der Waals surface area (Å²) in [7, 11) is -0.562. The van der Waals surface area contributed by atoms with Crippen molar-refractivity contribution in [2.75, 3.05) is 31.7 Å². The Bertz CT molecular complexity index is 608. The van der Waals surface area contributed by atoms with E-state index in [4.69, 9.17) is 5.73 Å². The van der Waals surface area contributed by atoms with Crippen molar-refractivity contribution < 1.29 is 17.2 Å². The first-order chi connectivity index (χ1) is 9.22. The Morgan fingerprint density at radius 2 is 2.00 bits per heavy atom. The van der Waals surface area contributed by atoms with Crippen LogP contribution in [0.2, 0.25) is 0 Å². The first-order valence-electron chi connectivity index (χ1n) is 5.64. The van der Waals surface area contributed by atoms with Crippen LogP contribution in [0.5, 0.6) is 0 Å². The summed E-state index contributed by atoms with van der Waals surface area (Å²) in [5.41, 5.74) is 5.31. The number of guanidine groups is 1. The summed E-state index contributed by atoms with van der Waals surface area (Å²) in [5, 5.41) is 2.37. The smallest absolute Gasteiger partial charge is 0.215 e. The second kappa shape index (κ2) is 8.44. The summed E-state index contributed by atoms with van der Waals surface area (Å²) in [6.45, 7) is -0.0870. The number of nitrogens with zero attached hydrogens (tertiary/aromatic N) is 2. The fourth-order valence-electron chi connectivity index (χ4n) is 1.23. The Labute approximate surface area is 139 Å². The van der Waals surface area contributed by atoms with Crippen molar-refractivity contribution in [2.45, 2.75) is 0 Å². The van der Waals surface area contributed by atoms with Gasteiger partial charge in [-0.3, -0.25) is 4.99 Å². The number of nitrogens with one attached hydrogen (secondary N) is 1. The lowest BCUT2D eigenvalue weighted by Crippen LogP contribution is -2.28. The van der Waals surface area contributed by atoms with Crippen molar-refractivity contribution in [3.8, 4) is 0 Å². The Morgan fingerprint density at radius 1 is 1.38 bits per heavy atom. The second-order valence-corrected chi connectivity index (χ2v) is 6.42. The van der Waals surface area contributed by atoms with Crippen molar-refractivity contribution in [1.82, 2.24) is 4.31 Å². The number of sulfonamides is 1. The summed E-state index contributed by atoms with van der Waals surface area (Å²) < 4.78 is 50.2. The average molecular weight is 434 g/mol. The highest BCUT2D eigenvalue weighted by Gasteiger charge is 2.12. The van der Waals surface area contributed by atoms with Crippen LogP contribution in [0.4, 0.5) is 14.5 Å². The molecule has 0 fully saturated rings. The third kappa shape index (κ3) is 6.52. The molecular weight excluding hydrogens is 417 g/mol. The molecule has 3 N–H and O–H groups in total.